The summed E-state index contributed by atoms with van der Waals surface area (Å²) in [5.74, 6) is 0.0997. The van der Waals surface area contributed by atoms with Gasteiger partial charge in [-0.1, -0.05) is 43.0 Å². The van der Waals surface area contributed by atoms with E-state index in [4.69, 9.17) is 5.11 Å². The molecule has 0 bridgehead atoms. The molecule has 0 aliphatic heterocycles. The summed E-state index contributed by atoms with van der Waals surface area (Å²) in [7, 11) is 0. The fraction of sp³-hybridized carbons (Fsp3) is 0.429. The third-order valence-corrected chi connectivity index (χ3v) is 4.37. The average Bonchev–Trinajstić information content (AvgIpc) is 3.04. The predicted octanol–water partition coefficient (Wildman–Crippen LogP) is 1.12. The first-order chi connectivity index (χ1) is 10.1. The fourth-order valence-electron chi connectivity index (χ4n) is 1.91. The van der Waals surface area contributed by atoms with Gasteiger partial charge in [0, 0.05) is 11.7 Å². The van der Waals surface area contributed by atoms with Gasteiger partial charge in [0.2, 0.25) is 0 Å². The summed E-state index contributed by atoms with van der Waals surface area (Å²) in [5.41, 5.74) is 1.52. The Labute approximate surface area is 127 Å². The van der Waals surface area contributed by atoms with E-state index in [0.29, 0.717) is 10.9 Å². The summed E-state index contributed by atoms with van der Waals surface area (Å²) in [6.45, 7) is 1.78. The number of thioether (sulfide) groups is 1. The maximum atomic E-state index is 10.3. The number of hydrogen-bond donors (Lipinski definition) is 4. The molecule has 0 aliphatic rings. The average molecular weight is 309 g/mol. The minimum atomic E-state index is -0.761. The Morgan fingerprint density at radius 1 is 1.24 bits per heavy atom. The highest BCUT2D eigenvalue weighted by molar-refractivity contribution is 7.99. The van der Waals surface area contributed by atoms with Crippen molar-refractivity contribution in [3.05, 3.63) is 41.7 Å². The highest BCUT2D eigenvalue weighted by Gasteiger charge is 2.24. The summed E-state index contributed by atoms with van der Waals surface area (Å²) < 4.78 is 0. The van der Waals surface area contributed by atoms with Crippen LogP contribution in [0.2, 0.25) is 0 Å². The van der Waals surface area contributed by atoms with Gasteiger partial charge in [0.05, 0.1) is 18.8 Å². The Kier molecular flexibility index (Phi) is 5.75. The summed E-state index contributed by atoms with van der Waals surface area (Å²) >= 11 is 1.36. The Bertz CT molecular complexity index is 533. The van der Waals surface area contributed by atoms with Crippen molar-refractivity contribution in [2.24, 2.45) is 5.92 Å². The van der Waals surface area contributed by atoms with Crippen LogP contribution in [0.1, 0.15) is 24.2 Å². The van der Waals surface area contributed by atoms with Crippen LogP contribution in [0.25, 0.3) is 0 Å². The van der Waals surface area contributed by atoms with E-state index in [1.807, 2.05) is 0 Å². The lowest BCUT2D eigenvalue weighted by Crippen LogP contribution is -2.26. The molecule has 0 spiro atoms. The maximum Gasteiger partial charge on any atom is 0.183 e. The summed E-state index contributed by atoms with van der Waals surface area (Å²) in [6, 6.07) is 7.06. The topological polar surface area (TPSA) is 102 Å². The van der Waals surface area contributed by atoms with Crippen molar-refractivity contribution in [1.82, 2.24) is 15.2 Å². The van der Waals surface area contributed by atoms with E-state index >= 15 is 0 Å². The van der Waals surface area contributed by atoms with Crippen molar-refractivity contribution < 1.29 is 15.3 Å². The third-order valence-electron chi connectivity index (χ3n) is 3.39. The molecule has 7 heteroatoms. The minimum Gasteiger partial charge on any atom is -0.392 e. The van der Waals surface area contributed by atoms with Gasteiger partial charge in [-0.15, -0.1) is 0 Å². The summed E-state index contributed by atoms with van der Waals surface area (Å²) in [4.78, 5) is 3.97. The van der Waals surface area contributed by atoms with Gasteiger partial charge in [-0.25, -0.2) is 4.98 Å². The predicted molar refractivity (Wildman–Crippen MR) is 79.6 cm³/mol. The summed E-state index contributed by atoms with van der Waals surface area (Å²) in [5, 5.41) is 36.6. The number of H-pyrrole nitrogens is 1. The molecule has 114 valence electrons. The minimum absolute atomic E-state index is 0.0254. The number of benzene rings is 1. The molecular formula is C14H19N3O3S. The van der Waals surface area contributed by atoms with E-state index in [9.17, 15) is 10.2 Å². The third kappa shape index (κ3) is 4.28. The molecule has 1 heterocycles. The standard InChI is InChI=1S/C14H19N3O3S/c1-9(12(19)7-21-14-15-8-16-17-14)13(20)11-4-2-10(6-18)3-5-11/h2-5,8-9,12-13,18-20H,6-7H2,1H3,(H,15,16,17). The van der Waals surface area contributed by atoms with Gasteiger partial charge in [0.25, 0.3) is 0 Å². The van der Waals surface area contributed by atoms with Crippen molar-refractivity contribution in [3.8, 4) is 0 Å². The van der Waals surface area contributed by atoms with Crippen LogP contribution in [0, 0.1) is 5.92 Å². The number of aromatic nitrogens is 3. The largest absolute Gasteiger partial charge is 0.392 e. The van der Waals surface area contributed by atoms with Gasteiger partial charge >= 0.3 is 0 Å². The number of aliphatic hydroxyl groups is 3. The second-order valence-corrected chi connectivity index (χ2v) is 5.88. The number of nitrogens with zero attached hydrogens (tertiary/aromatic N) is 2. The highest BCUT2D eigenvalue weighted by atomic mass is 32.2. The Balaban J connectivity index is 1.91. The molecule has 0 aliphatic carbocycles. The van der Waals surface area contributed by atoms with Crippen molar-refractivity contribution >= 4 is 11.8 Å². The van der Waals surface area contributed by atoms with Gasteiger partial charge in [-0.3, -0.25) is 5.10 Å². The highest BCUT2D eigenvalue weighted by Crippen LogP contribution is 2.27. The molecule has 2 aromatic rings. The Hall–Kier alpha value is -1.41. The fourth-order valence-corrected chi connectivity index (χ4v) is 2.79. The molecule has 1 aromatic heterocycles. The van der Waals surface area contributed by atoms with Gasteiger partial charge in [0.1, 0.15) is 6.33 Å². The number of rotatable bonds is 7. The van der Waals surface area contributed by atoms with Crippen LogP contribution in [0.5, 0.6) is 0 Å². The van der Waals surface area contributed by atoms with Gasteiger partial charge in [-0.2, -0.15) is 5.10 Å². The first-order valence-corrected chi connectivity index (χ1v) is 7.64. The van der Waals surface area contributed by atoms with E-state index in [1.165, 1.54) is 18.1 Å². The molecule has 2 rings (SSSR count). The van der Waals surface area contributed by atoms with Gasteiger partial charge in [0.15, 0.2) is 5.16 Å². The number of aromatic amines is 1. The summed E-state index contributed by atoms with van der Waals surface area (Å²) in [6.07, 6.45) is -0.0221. The van der Waals surface area contributed by atoms with Crippen LogP contribution in [-0.2, 0) is 6.61 Å². The molecule has 21 heavy (non-hydrogen) atoms. The molecule has 0 fully saturated rings. The van der Waals surface area contributed by atoms with Crippen molar-refractivity contribution in [2.75, 3.05) is 5.75 Å². The van der Waals surface area contributed by atoms with Crippen molar-refractivity contribution in [3.63, 3.8) is 0 Å². The van der Waals surface area contributed by atoms with E-state index in [0.717, 1.165) is 11.1 Å². The van der Waals surface area contributed by atoms with Crippen molar-refractivity contribution in [2.45, 2.75) is 30.9 Å². The van der Waals surface area contributed by atoms with E-state index in [2.05, 4.69) is 15.2 Å². The maximum absolute atomic E-state index is 10.3. The zero-order valence-electron chi connectivity index (χ0n) is 11.7. The molecule has 6 nitrogen and oxygen atoms in total. The van der Waals surface area contributed by atoms with Gasteiger partial charge < -0.3 is 15.3 Å². The Morgan fingerprint density at radius 3 is 2.52 bits per heavy atom. The van der Waals surface area contributed by atoms with Crippen LogP contribution in [-0.4, -0.2) is 42.4 Å². The lowest BCUT2D eigenvalue weighted by atomic mass is 9.93. The monoisotopic (exact) mass is 309 g/mol. The molecular weight excluding hydrogens is 290 g/mol. The molecule has 0 amide bonds. The lowest BCUT2D eigenvalue weighted by molar-refractivity contribution is 0.0330. The zero-order valence-corrected chi connectivity index (χ0v) is 12.5. The molecule has 4 N–H and O–H groups in total. The molecule has 3 unspecified atom stereocenters. The van der Waals surface area contributed by atoms with Crippen molar-refractivity contribution in [1.29, 1.82) is 0 Å². The van der Waals surface area contributed by atoms with Crippen LogP contribution < -0.4 is 0 Å². The molecule has 3 atom stereocenters. The normalized spacial score (nSPS) is 15.6. The number of hydrogen-bond acceptors (Lipinski definition) is 6. The van der Waals surface area contributed by atoms with Crippen LogP contribution in [0.4, 0.5) is 0 Å². The van der Waals surface area contributed by atoms with Gasteiger partial charge in [-0.05, 0) is 11.1 Å². The SMILES string of the molecule is CC(C(O)CSc1ncn[nH]1)C(O)c1ccc(CO)cc1. The van der Waals surface area contributed by atoms with Crippen LogP contribution >= 0.6 is 11.8 Å². The van der Waals surface area contributed by atoms with E-state index in [-0.39, 0.29) is 12.5 Å². The quantitative estimate of drug-likeness (QED) is 0.572. The van der Waals surface area contributed by atoms with Crippen LogP contribution in [0.3, 0.4) is 0 Å². The zero-order chi connectivity index (χ0) is 15.2. The number of aliphatic hydroxyl groups excluding tert-OH is 3. The second-order valence-electron chi connectivity index (χ2n) is 4.87. The first-order valence-electron chi connectivity index (χ1n) is 6.65. The molecule has 0 saturated carbocycles. The van der Waals surface area contributed by atoms with E-state index < -0.39 is 12.2 Å². The smallest absolute Gasteiger partial charge is 0.183 e. The second kappa shape index (κ2) is 7.56. The lowest BCUT2D eigenvalue weighted by Gasteiger charge is -2.24. The Morgan fingerprint density at radius 2 is 1.95 bits per heavy atom. The first kappa shape index (κ1) is 16.0. The molecule has 0 saturated heterocycles. The molecule has 1 aromatic carbocycles. The van der Waals surface area contributed by atoms with E-state index in [1.54, 1.807) is 31.2 Å². The molecule has 0 radical (unpaired) electrons. The van der Waals surface area contributed by atoms with Crippen LogP contribution in [0.15, 0.2) is 35.7 Å². The number of nitrogens with one attached hydrogen (secondary N) is 1.